The number of thioether (sulfide) groups is 1. The fourth-order valence-electron chi connectivity index (χ4n) is 0.274. The number of hydrogen-bond donors (Lipinski definition) is 0. The van der Waals surface area contributed by atoms with Crippen molar-refractivity contribution in [2.75, 3.05) is 5.75 Å². The molecule has 0 aromatic heterocycles. The van der Waals surface area contributed by atoms with Gasteiger partial charge < -0.3 is 0 Å². The van der Waals surface area contributed by atoms with Crippen LogP contribution in [0.2, 0.25) is 0 Å². The topological polar surface area (TPSA) is 17.1 Å². The molecule has 0 fully saturated rings. The molecule has 0 atom stereocenters. The van der Waals surface area contributed by atoms with Gasteiger partial charge in [0.2, 0.25) is 0 Å². The van der Waals surface area contributed by atoms with Crippen molar-refractivity contribution in [3.05, 3.63) is 11.5 Å². The molecule has 0 aromatic carbocycles. The Morgan fingerprint density at radius 2 is 2.38 bits per heavy atom. The quantitative estimate of drug-likeness (QED) is 0.328. The van der Waals surface area contributed by atoms with Gasteiger partial charge in [0, 0.05) is 0 Å². The molecule has 0 N–H and O–H groups in total. The lowest BCUT2D eigenvalue weighted by Crippen LogP contribution is -1.66. The highest BCUT2D eigenvalue weighted by molar-refractivity contribution is 8.02. The molecule has 0 rings (SSSR count). The average Bonchev–Trinajstić information content (AvgIpc) is 1.81. The zero-order valence-corrected chi connectivity index (χ0v) is 5.78. The minimum Gasteiger partial charge on any atom is -0.299 e. The number of rotatable bonds is 4. The van der Waals surface area contributed by atoms with Crippen LogP contribution in [-0.4, -0.2) is 12.0 Å². The SMILES string of the molecule is CCCS/C=C/C=O. The molecular weight excluding hydrogens is 120 g/mol. The summed E-state index contributed by atoms with van der Waals surface area (Å²) in [6.45, 7) is 2.11. The second-order valence-corrected chi connectivity index (χ2v) is 2.35. The number of aldehydes is 1. The Kier molecular flexibility index (Phi) is 6.56. The molecule has 1 nitrogen and oxygen atoms in total. The van der Waals surface area contributed by atoms with Gasteiger partial charge in [-0.1, -0.05) is 6.92 Å². The van der Waals surface area contributed by atoms with Crippen molar-refractivity contribution < 1.29 is 4.79 Å². The van der Waals surface area contributed by atoms with E-state index in [0.29, 0.717) is 0 Å². The maximum absolute atomic E-state index is 9.67. The van der Waals surface area contributed by atoms with Crippen LogP contribution in [0.25, 0.3) is 0 Å². The van der Waals surface area contributed by atoms with Crippen LogP contribution in [0.15, 0.2) is 11.5 Å². The van der Waals surface area contributed by atoms with Gasteiger partial charge in [0.15, 0.2) is 0 Å². The molecule has 0 saturated carbocycles. The molecule has 0 bridgehead atoms. The normalized spacial score (nSPS) is 10.1. The van der Waals surface area contributed by atoms with Crippen LogP contribution < -0.4 is 0 Å². The standard InChI is InChI=1S/C6H10OS/c1-2-5-8-6-3-4-7/h3-4,6H,2,5H2,1H3/b6-3+. The molecule has 0 aliphatic rings. The predicted molar refractivity (Wildman–Crippen MR) is 38.0 cm³/mol. The van der Waals surface area contributed by atoms with Crippen LogP contribution in [0.1, 0.15) is 13.3 Å². The van der Waals surface area contributed by atoms with E-state index in [9.17, 15) is 4.79 Å². The van der Waals surface area contributed by atoms with Gasteiger partial charge in [-0.3, -0.25) is 4.79 Å². The summed E-state index contributed by atoms with van der Waals surface area (Å²) < 4.78 is 0. The molecule has 0 unspecified atom stereocenters. The molecule has 0 aliphatic carbocycles. The summed E-state index contributed by atoms with van der Waals surface area (Å²) in [4.78, 5) is 9.67. The number of allylic oxidation sites excluding steroid dienone is 1. The highest BCUT2D eigenvalue weighted by Gasteiger charge is 1.74. The second-order valence-electron chi connectivity index (χ2n) is 1.34. The van der Waals surface area contributed by atoms with E-state index in [2.05, 4.69) is 6.92 Å². The third-order valence-corrected chi connectivity index (χ3v) is 1.57. The Labute approximate surface area is 54.2 Å². The maximum Gasteiger partial charge on any atom is 0.143 e. The van der Waals surface area contributed by atoms with E-state index < -0.39 is 0 Å². The first-order chi connectivity index (χ1) is 3.91. The van der Waals surface area contributed by atoms with E-state index in [-0.39, 0.29) is 0 Å². The lowest BCUT2D eigenvalue weighted by atomic mass is 10.6. The van der Waals surface area contributed by atoms with Crippen molar-refractivity contribution in [3.63, 3.8) is 0 Å². The van der Waals surface area contributed by atoms with E-state index in [0.717, 1.165) is 18.5 Å². The summed E-state index contributed by atoms with van der Waals surface area (Å²) in [6.07, 6.45) is 3.47. The minimum atomic E-state index is 0.794. The van der Waals surface area contributed by atoms with E-state index >= 15 is 0 Å². The molecule has 8 heavy (non-hydrogen) atoms. The zero-order valence-electron chi connectivity index (χ0n) is 4.96. The van der Waals surface area contributed by atoms with Gasteiger partial charge in [0.05, 0.1) is 0 Å². The Hall–Kier alpha value is -0.240. The van der Waals surface area contributed by atoms with Gasteiger partial charge in [0.25, 0.3) is 0 Å². The summed E-state index contributed by atoms with van der Waals surface area (Å²) in [6, 6.07) is 0. The Bertz CT molecular complexity index is 78.6. The van der Waals surface area contributed by atoms with E-state index in [1.807, 2.05) is 5.41 Å². The zero-order chi connectivity index (χ0) is 6.24. The van der Waals surface area contributed by atoms with Crippen LogP contribution in [0.4, 0.5) is 0 Å². The summed E-state index contributed by atoms with van der Waals surface area (Å²) in [7, 11) is 0. The van der Waals surface area contributed by atoms with Crippen molar-refractivity contribution >= 4 is 18.0 Å². The molecule has 46 valence electrons. The second kappa shape index (κ2) is 6.76. The van der Waals surface area contributed by atoms with E-state index in [1.54, 1.807) is 11.8 Å². The summed E-state index contributed by atoms with van der Waals surface area (Å²) in [5, 5.41) is 1.82. The largest absolute Gasteiger partial charge is 0.299 e. The first-order valence-corrected chi connectivity index (χ1v) is 3.68. The molecule has 2 heteroatoms. The first-order valence-electron chi connectivity index (χ1n) is 2.63. The Balaban J connectivity index is 2.91. The van der Waals surface area contributed by atoms with Gasteiger partial charge >= 0.3 is 0 Å². The van der Waals surface area contributed by atoms with Crippen molar-refractivity contribution in [1.82, 2.24) is 0 Å². The fourth-order valence-corrected chi connectivity index (χ4v) is 0.821. The minimum absolute atomic E-state index is 0.794. The van der Waals surface area contributed by atoms with Crippen molar-refractivity contribution in [3.8, 4) is 0 Å². The average molecular weight is 130 g/mol. The van der Waals surface area contributed by atoms with E-state index in [4.69, 9.17) is 0 Å². The van der Waals surface area contributed by atoms with Crippen LogP contribution in [-0.2, 0) is 4.79 Å². The van der Waals surface area contributed by atoms with E-state index in [1.165, 1.54) is 6.08 Å². The molecule has 0 aliphatic heterocycles. The lowest BCUT2D eigenvalue weighted by Gasteiger charge is -1.83. The summed E-state index contributed by atoms with van der Waals surface area (Å²) >= 11 is 1.67. The van der Waals surface area contributed by atoms with Gasteiger partial charge in [0.1, 0.15) is 6.29 Å². The molecule has 0 amide bonds. The van der Waals surface area contributed by atoms with Crippen molar-refractivity contribution in [2.45, 2.75) is 13.3 Å². The van der Waals surface area contributed by atoms with Crippen molar-refractivity contribution in [2.24, 2.45) is 0 Å². The van der Waals surface area contributed by atoms with Crippen LogP contribution in [0, 0.1) is 0 Å². The first kappa shape index (κ1) is 7.76. The van der Waals surface area contributed by atoms with Crippen LogP contribution in [0.5, 0.6) is 0 Å². The summed E-state index contributed by atoms with van der Waals surface area (Å²) in [5.41, 5.74) is 0. The molecule has 0 radical (unpaired) electrons. The fraction of sp³-hybridized carbons (Fsp3) is 0.500. The predicted octanol–water partition coefficient (Wildman–Crippen LogP) is 1.84. The summed E-state index contributed by atoms with van der Waals surface area (Å²) in [5.74, 6) is 1.10. The lowest BCUT2D eigenvalue weighted by molar-refractivity contribution is -0.104. The Morgan fingerprint density at radius 3 is 2.88 bits per heavy atom. The molecule has 0 spiro atoms. The third kappa shape index (κ3) is 5.76. The van der Waals surface area contributed by atoms with Crippen LogP contribution >= 0.6 is 11.8 Å². The van der Waals surface area contributed by atoms with Gasteiger partial charge in [-0.25, -0.2) is 0 Å². The van der Waals surface area contributed by atoms with Gasteiger partial charge in [-0.15, -0.1) is 11.8 Å². The molecular formula is C6H10OS. The molecule has 0 heterocycles. The van der Waals surface area contributed by atoms with Crippen LogP contribution in [0.3, 0.4) is 0 Å². The number of carbonyl (C=O) groups excluding carboxylic acids is 1. The number of carbonyl (C=O) groups is 1. The Morgan fingerprint density at radius 1 is 1.62 bits per heavy atom. The molecule has 0 saturated heterocycles. The third-order valence-electron chi connectivity index (χ3n) is 0.575. The van der Waals surface area contributed by atoms with Gasteiger partial charge in [-0.05, 0) is 23.7 Å². The smallest absolute Gasteiger partial charge is 0.143 e. The monoisotopic (exact) mass is 130 g/mol. The highest BCUT2D eigenvalue weighted by Crippen LogP contribution is 2.01. The van der Waals surface area contributed by atoms with Crippen molar-refractivity contribution in [1.29, 1.82) is 0 Å². The maximum atomic E-state index is 9.67. The molecule has 0 aromatic rings. The van der Waals surface area contributed by atoms with Gasteiger partial charge in [-0.2, -0.15) is 0 Å². The number of hydrogen-bond acceptors (Lipinski definition) is 2. The highest BCUT2D eigenvalue weighted by atomic mass is 32.2.